The molecule has 1 fully saturated rings. The Hall–Kier alpha value is -1.55. The fourth-order valence-electron chi connectivity index (χ4n) is 1.82. The van der Waals surface area contributed by atoms with E-state index in [4.69, 9.17) is 6.42 Å². The van der Waals surface area contributed by atoms with E-state index in [0.29, 0.717) is 0 Å². The van der Waals surface area contributed by atoms with Gasteiger partial charge in [-0.05, 0) is 28.1 Å². The van der Waals surface area contributed by atoms with E-state index in [0.717, 1.165) is 0 Å². The first-order valence-electron chi connectivity index (χ1n) is 5.33. The smallest absolute Gasteiger partial charge is 0.296 e. The van der Waals surface area contributed by atoms with Crippen LogP contribution < -0.4 is 4.90 Å². The van der Waals surface area contributed by atoms with Gasteiger partial charge in [0.2, 0.25) is 5.91 Å². The lowest BCUT2D eigenvalue weighted by atomic mass is 10.1. The molecule has 1 aliphatic rings. The summed E-state index contributed by atoms with van der Waals surface area (Å²) in [7, 11) is 0. The monoisotopic (exact) mass is 332 g/mol. The van der Waals surface area contributed by atoms with Gasteiger partial charge in [0, 0.05) is 23.4 Å². The summed E-state index contributed by atoms with van der Waals surface area (Å²) >= 11 is 2.80. The third-order valence-corrected chi connectivity index (χ3v) is 3.38. The number of halogens is 4. The Balaban J connectivity index is 2.38. The lowest BCUT2D eigenvalue weighted by molar-refractivity contribution is -0.141. The highest BCUT2D eigenvalue weighted by molar-refractivity contribution is 9.10. The Morgan fingerprint density at radius 2 is 2.16 bits per heavy atom. The maximum Gasteiger partial charge on any atom is 0.434 e. The van der Waals surface area contributed by atoms with Gasteiger partial charge < -0.3 is 0 Å². The highest BCUT2D eigenvalue weighted by atomic mass is 79.9. The van der Waals surface area contributed by atoms with Crippen molar-refractivity contribution in [1.29, 1.82) is 0 Å². The van der Waals surface area contributed by atoms with Gasteiger partial charge in [-0.3, -0.25) is 9.69 Å². The van der Waals surface area contributed by atoms with Gasteiger partial charge in [0.05, 0.1) is 0 Å². The summed E-state index contributed by atoms with van der Waals surface area (Å²) in [5, 5.41) is 0. The molecule has 0 radical (unpaired) electrons. The molecule has 2 rings (SSSR count). The van der Waals surface area contributed by atoms with Crippen molar-refractivity contribution < 1.29 is 18.0 Å². The molecule has 1 aromatic heterocycles. The fraction of sp³-hybridized carbons (Fsp3) is 0.333. The first-order valence-corrected chi connectivity index (χ1v) is 6.12. The number of alkyl halides is 3. The summed E-state index contributed by atoms with van der Waals surface area (Å²) in [6, 6.07) is 2.58. The van der Waals surface area contributed by atoms with Gasteiger partial charge in [0.25, 0.3) is 0 Å². The number of pyridine rings is 1. The normalized spacial score (nSPS) is 19.6. The van der Waals surface area contributed by atoms with E-state index >= 15 is 0 Å². The molecule has 1 saturated heterocycles. The molecule has 0 spiro atoms. The number of terminal acetylenes is 1. The van der Waals surface area contributed by atoms with Crippen molar-refractivity contribution in [2.75, 3.05) is 11.4 Å². The second-order valence-electron chi connectivity index (χ2n) is 4.07. The number of carbonyl (C=O) groups excluding carboxylic acids is 1. The predicted molar refractivity (Wildman–Crippen MR) is 66.2 cm³/mol. The number of carbonyl (C=O) groups is 1. The van der Waals surface area contributed by atoms with Gasteiger partial charge >= 0.3 is 6.18 Å². The summed E-state index contributed by atoms with van der Waals surface area (Å²) < 4.78 is 38.0. The molecule has 1 aromatic rings. The van der Waals surface area contributed by atoms with Crippen LogP contribution in [-0.2, 0) is 11.0 Å². The van der Waals surface area contributed by atoms with Crippen LogP contribution in [0.2, 0.25) is 0 Å². The number of rotatable bonds is 1. The Kier molecular flexibility index (Phi) is 3.54. The van der Waals surface area contributed by atoms with E-state index in [1.165, 1.54) is 17.0 Å². The zero-order valence-corrected chi connectivity index (χ0v) is 11.1. The van der Waals surface area contributed by atoms with E-state index in [2.05, 4.69) is 26.8 Å². The Labute approximate surface area is 115 Å². The Morgan fingerprint density at radius 3 is 2.68 bits per heavy atom. The maximum absolute atomic E-state index is 12.7. The van der Waals surface area contributed by atoms with E-state index in [9.17, 15) is 18.0 Å². The lowest BCUT2D eigenvalue weighted by Crippen LogP contribution is -2.26. The minimum Gasteiger partial charge on any atom is -0.296 e. The molecule has 1 aliphatic heterocycles. The first-order chi connectivity index (χ1) is 8.82. The minimum atomic E-state index is -4.58. The molecule has 0 bridgehead atoms. The third kappa shape index (κ3) is 2.73. The Bertz CT molecular complexity index is 565. The standard InChI is InChI=1S/C12H8BrF3N2O/c1-2-7-5-10(19)18(6-7)9-4-3-8(13)11(17-9)12(14,15)16/h1,3-4,7H,5-6H2. The van der Waals surface area contributed by atoms with Gasteiger partial charge in [-0.2, -0.15) is 13.2 Å². The topological polar surface area (TPSA) is 33.2 Å². The van der Waals surface area contributed by atoms with E-state index in [-0.39, 0.29) is 35.1 Å². The van der Waals surface area contributed by atoms with Gasteiger partial charge in [-0.1, -0.05) is 0 Å². The van der Waals surface area contributed by atoms with Crippen molar-refractivity contribution in [3.8, 4) is 12.3 Å². The average molecular weight is 333 g/mol. The van der Waals surface area contributed by atoms with Crippen molar-refractivity contribution in [3.05, 3.63) is 22.3 Å². The molecule has 0 saturated carbocycles. The number of hydrogen-bond donors (Lipinski definition) is 0. The molecule has 100 valence electrons. The van der Waals surface area contributed by atoms with E-state index < -0.39 is 11.9 Å². The second-order valence-corrected chi connectivity index (χ2v) is 4.92. The van der Waals surface area contributed by atoms with Crippen molar-refractivity contribution in [1.82, 2.24) is 4.98 Å². The fourth-order valence-corrected chi connectivity index (χ4v) is 2.27. The van der Waals surface area contributed by atoms with Crippen molar-refractivity contribution in [2.24, 2.45) is 5.92 Å². The van der Waals surface area contributed by atoms with Crippen LogP contribution in [0.25, 0.3) is 0 Å². The zero-order chi connectivity index (χ0) is 14.2. The van der Waals surface area contributed by atoms with Crippen LogP contribution in [0.1, 0.15) is 12.1 Å². The predicted octanol–water partition coefficient (Wildman–Crippen LogP) is 2.85. The van der Waals surface area contributed by atoms with Crippen molar-refractivity contribution in [2.45, 2.75) is 12.6 Å². The highest BCUT2D eigenvalue weighted by Crippen LogP contribution is 2.35. The van der Waals surface area contributed by atoms with Crippen LogP contribution in [0.15, 0.2) is 16.6 Å². The highest BCUT2D eigenvalue weighted by Gasteiger charge is 2.37. The molecule has 2 heterocycles. The molecule has 19 heavy (non-hydrogen) atoms. The number of nitrogens with zero attached hydrogens (tertiary/aromatic N) is 2. The molecule has 0 aliphatic carbocycles. The number of aromatic nitrogens is 1. The maximum atomic E-state index is 12.7. The van der Waals surface area contributed by atoms with Gasteiger partial charge in [0.1, 0.15) is 5.82 Å². The van der Waals surface area contributed by atoms with Crippen LogP contribution in [0.3, 0.4) is 0 Å². The van der Waals surface area contributed by atoms with Gasteiger partial charge in [-0.25, -0.2) is 4.98 Å². The molecule has 7 heteroatoms. The molecule has 3 nitrogen and oxygen atoms in total. The number of hydrogen-bond acceptors (Lipinski definition) is 2. The molecule has 1 unspecified atom stereocenters. The van der Waals surface area contributed by atoms with Gasteiger partial charge in [-0.15, -0.1) is 12.3 Å². The molecule has 1 atom stereocenters. The number of anilines is 1. The van der Waals surface area contributed by atoms with Gasteiger partial charge in [0.15, 0.2) is 5.69 Å². The molecule has 1 amide bonds. The van der Waals surface area contributed by atoms with Crippen LogP contribution >= 0.6 is 15.9 Å². The summed E-state index contributed by atoms with van der Waals surface area (Å²) in [6.07, 6.45) is 0.777. The van der Waals surface area contributed by atoms with Crippen LogP contribution in [0.5, 0.6) is 0 Å². The Morgan fingerprint density at radius 1 is 1.47 bits per heavy atom. The molecule has 0 N–H and O–H groups in total. The summed E-state index contributed by atoms with van der Waals surface area (Å²) in [6.45, 7) is 0.196. The summed E-state index contributed by atoms with van der Waals surface area (Å²) in [5.41, 5.74) is -1.05. The second kappa shape index (κ2) is 4.85. The summed E-state index contributed by atoms with van der Waals surface area (Å²) in [5.74, 6) is 1.80. The largest absolute Gasteiger partial charge is 0.434 e. The van der Waals surface area contributed by atoms with Crippen LogP contribution in [0, 0.1) is 18.3 Å². The lowest BCUT2D eigenvalue weighted by Gasteiger charge is -2.17. The zero-order valence-electron chi connectivity index (χ0n) is 9.54. The number of amides is 1. The third-order valence-electron chi connectivity index (χ3n) is 2.74. The molecular formula is C12H8BrF3N2O. The van der Waals surface area contributed by atoms with Crippen LogP contribution in [0.4, 0.5) is 19.0 Å². The molecular weight excluding hydrogens is 325 g/mol. The average Bonchev–Trinajstić information content (AvgIpc) is 2.70. The van der Waals surface area contributed by atoms with Crippen molar-refractivity contribution >= 4 is 27.7 Å². The quantitative estimate of drug-likeness (QED) is 0.741. The summed E-state index contributed by atoms with van der Waals surface area (Å²) in [4.78, 5) is 16.4. The van der Waals surface area contributed by atoms with E-state index in [1.54, 1.807) is 0 Å². The van der Waals surface area contributed by atoms with Crippen molar-refractivity contribution in [3.63, 3.8) is 0 Å². The minimum absolute atomic E-state index is 0.0294. The van der Waals surface area contributed by atoms with E-state index in [1.807, 2.05) is 0 Å². The van der Waals surface area contributed by atoms with Crippen LogP contribution in [-0.4, -0.2) is 17.4 Å². The molecule has 0 aromatic carbocycles. The SMILES string of the molecule is C#CC1CC(=O)N(c2ccc(Br)c(C(F)(F)F)n2)C1. The first kappa shape index (κ1) is 13.9.